The lowest BCUT2D eigenvalue weighted by atomic mass is 10.3. The second-order valence-electron chi connectivity index (χ2n) is 2.46. The maximum absolute atomic E-state index is 8.38. The molecule has 1 aromatic rings. The summed E-state index contributed by atoms with van der Waals surface area (Å²) in [4.78, 5) is 0. The van der Waals surface area contributed by atoms with Crippen LogP contribution in [0.4, 0.5) is 5.69 Å². The normalized spacial score (nSPS) is 12.4. The summed E-state index contributed by atoms with van der Waals surface area (Å²) in [5, 5.41) is 12.4. The van der Waals surface area contributed by atoms with Crippen molar-refractivity contribution in [3.05, 3.63) is 12.4 Å². The summed E-state index contributed by atoms with van der Waals surface area (Å²) in [7, 11) is 0. The topological polar surface area (TPSA) is 67.6 Å². The third-order valence-corrected chi connectivity index (χ3v) is 1.46. The van der Waals surface area contributed by atoms with Crippen molar-refractivity contribution in [2.24, 2.45) is 0 Å². The summed E-state index contributed by atoms with van der Waals surface area (Å²) in [6, 6.07) is 2.18. The van der Waals surface area contributed by atoms with Gasteiger partial charge in [0.1, 0.15) is 0 Å². The summed E-state index contributed by atoms with van der Waals surface area (Å²) in [6.45, 7) is 1.93. The number of aromatic nitrogens is 2. The molecule has 0 aromatic carbocycles. The highest BCUT2D eigenvalue weighted by Gasteiger charge is 2.03. The Bertz CT molecular complexity index is 270. The Kier molecular flexibility index (Phi) is 2.12. The fourth-order valence-corrected chi connectivity index (χ4v) is 0.819. The molecule has 1 unspecified atom stereocenters. The van der Waals surface area contributed by atoms with Crippen molar-refractivity contribution in [1.29, 1.82) is 5.26 Å². The molecule has 1 heterocycles. The Morgan fingerprint density at radius 2 is 2.64 bits per heavy atom. The second kappa shape index (κ2) is 3.06. The van der Waals surface area contributed by atoms with E-state index in [0.29, 0.717) is 12.1 Å². The number of nitriles is 1. The lowest BCUT2D eigenvalue weighted by Crippen LogP contribution is -2.04. The van der Waals surface area contributed by atoms with Crippen molar-refractivity contribution in [3.63, 3.8) is 0 Å². The molecule has 0 aliphatic carbocycles. The number of anilines is 1. The molecule has 2 N–H and O–H groups in total. The molecule has 0 amide bonds. The molecule has 11 heavy (non-hydrogen) atoms. The van der Waals surface area contributed by atoms with Crippen LogP contribution in [0, 0.1) is 11.3 Å². The zero-order valence-electron chi connectivity index (χ0n) is 6.36. The Labute approximate surface area is 65.2 Å². The van der Waals surface area contributed by atoms with Crippen molar-refractivity contribution in [2.45, 2.75) is 19.4 Å². The highest BCUT2D eigenvalue weighted by atomic mass is 15.3. The summed E-state index contributed by atoms with van der Waals surface area (Å²) >= 11 is 0. The van der Waals surface area contributed by atoms with Crippen LogP contribution in [0.3, 0.4) is 0 Å². The van der Waals surface area contributed by atoms with Gasteiger partial charge in [-0.05, 0) is 6.92 Å². The maximum atomic E-state index is 8.38. The van der Waals surface area contributed by atoms with Gasteiger partial charge in [-0.3, -0.25) is 4.68 Å². The number of nitrogens with zero attached hydrogens (tertiary/aromatic N) is 3. The van der Waals surface area contributed by atoms with Gasteiger partial charge >= 0.3 is 0 Å². The van der Waals surface area contributed by atoms with Crippen LogP contribution >= 0.6 is 0 Å². The molecule has 4 nitrogen and oxygen atoms in total. The van der Waals surface area contributed by atoms with Gasteiger partial charge < -0.3 is 5.73 Å². The fourth-order valence-electron chi connectivity index (χ4n) is 0.819. The van der Waals surface area contributed by atoms with Crippen LogP contribution < -0.4 is 5.73 Å². The SMILES string of the molecule is CC(CC#N)n1cc(N)cn1. The Morgan fingerprint density at radius 1 is 1.91 bits per heavy atom. The van der Waals surface area contributed by atoms with E-state index in [4.69, 9.17) is 11.0 Å². The molecule has 1 rings (SSSR count). The predicted octanol–water partition coefficient (Wildman–Crippen LogP) is 0.940. The average Bonchev–Trinajstić information content (AvgIpc) is 2.36. The standard InChI is InChI=1S/C7H10N4/c1-6(2-3-8)11-5-7(9)4-10-11/h4-6H,2,9H2,1H3. The first kappa shape index (κ1) is 7.61. The third kappa shape index (κ3) is 1.71. The Hall–Kier alpha value is -1.50. The van der Waals surface area contributed by atoms with E-state index in [2.05, 4.69) is 11.2 Å². The molecule has 0 aliphatic rings. The first-order valence-corrected chi connectivity index (χ1v) is 3.40. The van der Waals surface area contributed by atoms with Crippen molar-refractivity contribution >= 4 is 5.69 Å². The first-order chi connectivity index (χ1) is 5.24. The monoisotopic (exact) mass is 150 g/mol. The lowest BCUT2D eigenvalue weighted by molar-refractivity contribution is 0.500. The van der Waals surface area contributed by atoms with E-state index in [1.54, 1.807) is 17.1 Å². The molecular weight excluding hydrogens is 140 g/mol. The van der Waals surface area contributed by atoms with E-state index < -0.39 is 0 Å². The van der Waals surface area contributed by atoms with Gasteiger partial charge in [0.15, 0.2) is 0 Å². The highest BCUT2D eigenvalue weighted by Crippen LogP contribution is 2.09. The maximum Gasteiger partial charge on any atom is 0.0719 e. The van der Waals surface area contributed by atoms with Crippen molar-refractivity contribution in [2.75, 3.05) is 5.73 Å². The quantitative estimate of drug-likeness (QED) is 0.682. The van der Waals surface area contributed by atoms with Crippen LogP contribution in [-0.4, -0.2) is 9.78 Å². The van der Waals surface area contributed by atoms with Gasteiger partial charge in [-0.1, -0.05) is 0 Å². The molecule has 0 fully saturated rings. The van der Waals surface area contributed by atoms with Gasteiger partial charge in [0.25, 0.3) is 0 Å². The fraction of sp³-hybridized carbons (Fsp3) is 0.429. The molecule has 0 saturated carbocycles. The molecule has 0 spiro atoms. The van der Waals surface area contributed by atoms with Crippen molar-refractivity contribution < 1.29 is 0 Å². The largest absolute Gasteiger partial charge is 0.396 e. The summed E-state index contributed by atoms with van der Waals surface area (Å²) < 4.78 is 1.69. The van der Waals surface area contributed by atoms with Crippen LogP contribution in [0.25, 0.3) is 0 Å². The highest BCUT2D eigenvalue weighted by molar-refractivity contribution is 5.30. The molecule has 1 aromatic heterocycles. The molecule has 0 radical (unpaired) electrons. The van der Waals surface area contributed by atoms with E-state index in [1.807, 2.05) is 6.92 Å². The number of hydrogen-bond acceptors (Lipinski definition) is 3. The summed E-state index contributed by atoms with van der Waals surface area (Å²) in [6.07, 6.45) is 3.76. The zero-order chi connectivity index (χ0) is 8.27. The van der Waals surface area contributed by atoms with Gasteiger partial charge in [0, 0.05) is 6.20 Å². The number of hydrogen-bond donors (Lipinski definition) is 1. The van der Waals surface area contributed by atoms with Gasteiger partial charge in [0.05, 0.1) is 30.4 Å². The first-order valence-electron chi connectivity index (χ1n) is 3.40. The summed E-state index contributed by atoms with van der Waals surface area (Å²) in [5.41, 5.74) is 6.08. The summed E-state index contributed by atoms with van der Waals surface area (Å²) in [5.74, 6) is 0. The molecule has 0 bridgehead atoms. The minimum atomic E-state index is 0.109. The van der Waals surface area contributed by atoms with Gasteiger partial charge in [-0.15, -0.1) is 0 Å². The number of nitrogen functional groups attached to an aromatic ring is 1. The average molecular weight is 150 g/mol. The van der Waals surface area contributed by atoms with Gasteiger partial charge in [-0.2, -0.15) is 10.4 Å². The zero-order valence-corrected chi connectivity index (χ0v) is 6.36. The number of rotatable bonds is 2. The smallest absolute Gasteiger partial charge is 0.0719 e. The van der Waals surface area contributed by atoms with Crippen molar-refractivity contribution in [3.8, 4) is 6.07 Å². The van der Waals surface area contributed by atoms with E-state index in [1.165, 1.54) is 0 Å². The van der Waals surface area contributed by atoms with Crippen LogP contribution in [0.2, 0.25) is 0 Å². The van der Waals surface area contributed by atoms with Crippen LogP contribution in [0.15, 0.2) is 12.4 Å². The van der Waals surface area contributed by atoms with E-state index >= 15 is 0 Å². The Morgan fingerprint density at radius 3 is 3.09 bits per heavy atom. The van der Waals surface area contributed by atoms with Crippen LogP contribution in [0.1, 0.15) is 19.4 Å². The van der Waals surface area contributed by atoms with E-state index in [0.717, 1.165) is 0 Å². The molecule has 0 saturated heterocycles. The Balaban J connectivity index is 2.70. The molecule has 4 heteroatoms. The van der Waals surface area contributed by atoms with Crippen LogP contribution in [-0.2, 0) is 0 Å². The van der Waals surface area contributed by atoms with E-state index in [9.17, 15) is 0 Å². The van der Waals surface area contributed by atoms with E-state index in [-0.39, 0.29) is 6.04 Å². The minimum absolute atomic E-state index is 0.109. The predicted molar refractivity (Wildman–Crippen MR) is 41.6 cm³/mol. The minimum Gasteiger partial charge on any atom is -0.396 e. The second-order valence-corrected chi connectivity index (χ2v) is 2.46. The molecular formula is C7H10N4. The third-order valence-electron chi connectivity index (χ3n) is 1.46. The van der Waals surface area contributed by atoms with Gasteiger partial charge in [0.2, 0.25) is 0 Å². The molecule has 0 aliphatic heterocycles. The van der Waals surface area contributed by atoms with Crippen molar-refractivity contribution in [1.82, 2.24) is 9.78 Å². The van der Waals surface area contributed by atoms with Crippen LogP contribution in [0.5, 0.6) is 0 Å². The lowest BCUT2D eigenvalue weighted by Gasteiger charge is -2.05. The van der Waals surface area contributed by atoms with Gasteiger partial charge in [-0.25, -0.2) is 0 Å². The molecule has 1 atom stereocenters. The molecule has 58 valence electrons. The number of nitrogens with two attached hydrogens (primary N) is 1.